The number of carbonyl (C=O) groups is 2. The van der Waals surface area contributed by atoms with Crippen LogP contribution in [0, 0.1) is 5.92 Å². The molecule has 0 aromatic heterocycles. The average molecular weight is 402 g/mol. The van der Waals surface area contributed by atoms with Gasteiger partial charge in [-0.1, -0.05) is 6.92 Å². The van der Waals surface area contributed by atoms with Crippen LogP contribution < -0.4 is 19.1 Å². The third kappa shape index (κ3) is 3.29. The maximum Gasteiger partial charge on any atom is 0.255 e. The molecular formula is C19H18N2O6S. The summed E-state index contributed by atoms with van der Waals surface area (Å²) >= 11 is 0. The lowest BCUT2D eigenvalue weighted by molar-refractivity contribution is -0.119. The normalized spacial score (nSPS) is 20.1. The van der Waals surface area contributed by atoms with Gasteiger partial charge in [0.1, 0.15) is 13.2 Å². The van der Waals surface area contributed by atoms with Crippen LogP contribution in [0.25, 0.3) is 0 Å². The van der Waals surface area contributed by atoms with Crippen LogP contribution in [0.5, 0.6) is 11.5 Å². The Bertz CT molecular complexity index is 1050. The van der Waals surface area contributed by atoms with Gasteiger partial charge in [0.25, 0.3) is 5.91 Å². The van der Waals surface area contributed by atoms with Crippen LogP contribution in [0.4, 0.5) is 11.4 Å². The summed E-state index contributed by atoms with van der Waals surface area (Å²) in [5.74, 6) is -0.437. The molecule has 2 aliphatic heterocycles. The number of carbonyl (C=O) groups excluding carboxylic acids is 2. The lowest BCUT2D eigenvalue weighted by Gasteiger charge is -2.19. The highest BCUT2D eigenvalue weighted by Gasteiger charge is 2.41. The van der Waals surface area contributed by atoms with Crippen LogP contribution in [0.3, 0.4) is 0 Å². The average Bonchev–Trinajstić information content (AvgIpc) is 2.88. The van der Waals surface area contributed by atoms with Gasteiger partial charge in [0.05, 0.1) is 17.4 Å². The first-order chi connectivity index (χ1) is 13.3. The Kier molecular flexibility index (Phi) is 4.46. The van der Waals surface area contributed by atoms with Gasteiger partial charge in [-0.15, -0.1) is 0 Å². The number of nitrogens with zero attached hydrogens (tertiary/aromatic N) is 1. The minimum absolute atomic E-state index is 0.210. The van der Waals surface area contributed by atoms with E-state index in [1.165, 1.54) is 24.3 Å². The van der Waals surface area contributed by atoms with Crippen molar-refractivity contribution in [2.45, 2.75) is 6.92 Å². The van der Waals surface area contributed by atoms with Crippen LogP contribution in [0.15, 0.2) is 42.5 Å². The van der Waals surface area contributed by atoms with Crippen molar-refractivity contribution in [3.8, 4) is 11.5 Å². The first-order valence-electron chi connectivity index (χ1n) is 8.73. The highest BCUT2D eigenvalue weighted by atomic mass is 32.2. The van der Waals surface area contributed by atoms with Gasteiger partial charge in [0.2, 0.25) is 15.9 Å². The summed E-state index contributed by atoms with van der Waals surface area (Å²) in [5.41, 5.74) is 1.10. The molecule has 0 spiro atoms. The van der Waals surface area contributed by atoms with Crippen molar-refractivity contribution in [3.63, 3.8) is 0 Å². The number of hydrogen-bond donors (Lipinski definition) is 1. The lowest BCUT2D eigenvalue weighted by atomic mass is 10.1. The molecule has 8 nitrogen and oxygen atoms in total. The minimum atomic E-state index is -3.67. The Labute approximate surface area is 162 Å². The number of ether oxygens (including phenoxy) is 2. The van der Waals surface area contributed by atoms with E-state index in [0.717, 1.165) is 4.31 Å². The van der Waals surface area contributed by atoms with Crippen LogP contribution in [0.1, 0.15) is 17.3 Å². The summed E-state index contributed by atoms with van der Waals surface area (Å²) in [5, 5.41) is 2.76. The summed E-state index contributed by atoms with van der Waals surface area (Å²) < 4.78 is 36.1. The molecule has 0 saturated carbocycles. The molecule has 1 fully saturated rings. The second kappa shape index (κ2) is 6.83. The molecule has 1 N–H and O–H groups in total. The van der Waals surface area contributed by atoms with E-state index in [-0.39, 0.29) is 17.3 Å². The van der Waals surface area contributed by atoms with Crippen molar-refractivity contribution in [1.29, 1.82) is 0 Å². The van der Waals surface area contributed by atoms with Crippen molar-refractivity contribution in [3.05, 3.63) is 48.0 Å². The van der Waals surface area contributed by atoms with Gasteiger partial charge in [0, 0.05) is 17.3 Å². The van der Waals surface area contributed by atoms with Gasteiger partial charge in [-0.3, -0.25) is 9.59 Å². The molecule has 0 bridgehead atoms. The molecule has 0 radical (unpaired) electrons. The fraction of sp³-hybridized carbons (Fsp3) is 0.263. The summed E-state index contributed by atoms with van der Waals surface area (Å²) in [6.07, 6.45) is 0. The number of hydrogen-bond acceptors (Lipinski definition) is 6. The van der Waals surface area contributed by atoms with E-state index in [9.17, 15) is 18.0 Å². The monoisotopic (exact) mass is 402 g/mol. The highest BCUT2D eigenvalue weighted by Crippen LogP contribution is 2.33. The maximum atomic E-state index is 12.5. The van der Waals surface area contributed by atoms with E-state index in [4.69, 9.17) is 9.47 Å². The number of rotatable bonds is 3. The zero-order valence-electron chi connectivity index (χ0n) is 15.0. The molecule has 0 aliphatic carbocycles. The molecule has 146 valence electrons. The Morgan fingerprint density at radius 3 is 2.39 bits per heavy atom. The Balaban J connectivity index is 1.51. The minimum Gasteiger partial charge on any atom is -0.486 e. The third-order valence-electron chi connectivity index (χ3n) is 4.52. The number of benzene rings is 2. The highest BCUT2D eigenvalue weighted by molar-refractivity contribution is 7.94. The SMILES string of the molecule is C[C@@H]1CS(=O)(=O)N(c2ccc(C(=O)Nc3ccc4c(c3)OCCO4)cc2)C1=O. The molecule has 4 rings (SSSR count). The van der Waals surface area contributed by atoms with Gasteiger partial charge in [0.15, 0.2) is 11.5 Å². The van der Waals surface area contributed by atoms with Crippen LogP contribution >= 0.6 is 0 Å². The zero-order valence-corrected chi connectivity index (χ0v) is 15.9. The van der Waals surface area contributed by atoms with Crippen LogP contribution in [-0.4, -0.2) is 39.2 Å². The standard InChI is InChI=1S/C19H18N2O6S/c1-12-11-28(24,25)21(19(12)23)15-5-2-13(3-6-15)18(22)20-14-4-7-16-17(10-14)27-9-8-26-16/h2-7,10,12H,8-9,11H2,1H3,(H,20,22)/t12-/m1/s1. The Morgan fingerprint density at radius 1 is 1.07 bits per heavy atom. The largest absolute Gasteiger partial charge is 0.486 e. The van der Waals surface area contributed by atoms with Gasteiger partial charge < -0.3 is 14.8 Å². The fourth-order valence-corrected chi connectivity index (χ4v) is 4.98. The smallest absolute Gasteiger partial charge is 0.255 e. The predicted molar refractivity (Wildman–Crippen MR) is 102 cm³/mol. The van der Waals surface area contributed by atoms with Crippen molar-refractivity contribution < 1.29 is 27.5 Å². The quantitative estimate of drug-likeness (QED) is 0.843. The molecule has 2 aromatic rings. The Hall–Kier alpha value is -3.07. The predicted octanol–water partition coefficient (Wildman–Crippen LogP) is 2.02. The molecule has 2 heterocycles. The van der Waals surface area contributed by atoms with Crippen molar-refractivity contribution in [1.82, 2.24) is 0 Å². The summed E-state index contributed by atoms with van der Waals surface area (Å²) in [7, 11) is -3.67. The molecule has 9 heteroatoms. The topological polar surface area (TPSA) is 102 Å². The van der Waals surface area contributed by atoms with Crippen molar-refractivity contribution in [2.24, 2.45) is 5.92 Å². The molecule has 0 unspecified atom stereocenters. The molecule has 1 saturated heterocycles. The number of sulfonamides is 1. The second-order valence-electron chi connectivity index (χ2n) is 6.64. The molecule has 2 aromatic carbocycles. The summed E-state index contributed by atoms with van der Waals surface area (Å²) in [6, 6.07) is 11.0. The van der Waals surface area contributed by atoms with Gasteiger partial charge in [-0.25, -0.2) is 12.7 Å². The maximum absolute atomic E-state index is 12.5. The molecule has 2 aliphatic rings. The number of amides is 2. The third-order valence-corrected chi connectivity index (χ3v) is 6.39. The van der Waals surface area contributed by atoms with Crippen LogP contribution in [-0.2, 0) is 14.8 Å². The first-order valence-corrected chi connectivity index (χ1v) is 10.3. The van der Waals surface area contributed by atoms with E-state index in [2.05, 4.69) is 5.32 Å². The number of fused-ring (bicyclic) bond motifs is 1. The van der Waals surface area contributed by atoms with E-state index < -0.39 is 21.8 Å². The molecule has 28 heavy (non-hydrogen) atoms. The zero-order chi connectivity index (χ0) is 19.9. The van der Waals surface area contributed by atoms with Gasteiger partial charge in [-0.2, -0.15) is 0 Å². The first kappa shape index (κ1) is 18.3. The summed E-state index contributed by atoms with van der Waals surface area (Å²) in [4.78, 5) is 24.6. The molecule has 1 atom stereocenters. The fourth-order valence-electron chi connectivity index (χ4n) is 3.16. The van der Waals surface area contributed by atoms with E-state index in [1.807, 2.05) is 0 Å². The van der Waals surface area contributed by atoms with E-state index in [1.54, 1.807) is 25.1 Å². The van der Waals surface area contributed by atoms with Gasteiger partial charge >= 0.3 is 0 Å². The Morgan fingerprint density at radius 2 is 1.75 bits per heavy atom. The number of anilines is 2. The van der Waals surface area contributed by atoms with E-state index in [0.29, 0.717) is 36.0 Å². The number of nitrogens with one attached hydrogen (secondary N) is 1. The summed E-state index contributed by atoms with van der Waals surface area (Å²) in [6.45, 7) is 2.51. The lowest BCUT2D eigenvalue weighted by Crippen LogP contribution is -2.30. The van der Waals surface area contributed by atoms with Gasteiger partial charge in [-0.05, 0) is 36.4 Å². The van der Waals surface area contributed by atoms with Crippen molar-refractivity contribution in [2.75, 3.05) is 28.6 Å². The molecule has 2 amide bonds. The van der Waals surface area contributed by atoms with E-state index >= 15 is 0 Å². The second-order valence-corrected chi connectivity index (χ2v) is 8.50. The van der Waals surface area contributed by atoms with Crippen LogP contribution in [0.2, 0.25) is 0 Å². The van der Waals surface area contributed by atoms with Crippen molar-refractivity contribution >= 4 is 33.2 Å². The molecular weight excluding hydrogens is 384 g/mol.